The Bertz CT molecular complexity index is 1150. The molecule has 0 unspecified atom stereocenters. The van der Waals surface area contributed by atoms with E-state index in [1.165, 1.54) is 12.3 Å². The zero-order chi connectivity index (χ0) is 21.9. The van der Waals surface area contributed by atoms with Gasteiger partial charge in [0.1, 0.15) is 10.6 Å². The predicted molar refractivity (Wildman–Crippen MR) is 118 cm³/mol. The van der Waals surface area contributed by atoms with E-state index in [2.05, 4.69) is 15.0 Å². The molecule has 30 heavy (non-hydrogen) atoms. The number of benzene rings is 2. The molecular formula is C23H27N3O3S. The second kappa shape index (κ2) is 8.85. The maximum atomic E-state index is 12.8. The van der Waals surface area contributed by atoms with Gasteiger partial charge in [0.2, 0.25) is 10.0 Å². The number of hydrogen-bond donors (Lipinski definition) is 3. The number of rotatable bonds is 7. The van der Waals surface area contributed by atoms with Crippen LogP contribution in [0, 0.1) is 13.8 Å². The zero-order valence-corrected chi connectivity index (χ0v) is 18.4. The van der Waals surface area contributed by atoms with E-state index < -0.39 is 16.1 Å². The van der Waals surface area contributed by atoms with Crippen LogP contribution >= 0.6 is 0 Å². The molecule has 3 rings (SSSR count). The van der Waals surface area contributed by atoms with Crippen LogP contribution < -0.4 is 10.0 Å². The summed E-state index contributed by atoms with van der Waals surface area (Å²) in [6.45, 7) is 7.61. The van der Waals surface area contributed by atoms with Gasteiger partial charge in [0.15, 0.2) is 0 Å². The lowest BCUT2D eigenvalue weighted by molar-refractivity contribution is 0.0935. The summed E-state index contributed by atoms with van der Waals surface area (Å²) in [4.78, 5) is 15.4. The van der Waals surface area contributed by atoms with Crippen molar-refractivity contribution >= 4 is 15.9 Å². The minimum absolute atomic E-state index is 0.0247. The highest BCUT2D eigenvalue weighted by Gasteiger charge is 2.22. The lowest BCUT2D eigenvalue weighted by Crippen LogP contribution is -2.28. The smallest absolute Gasteiger partial charge is 0.268 e. The van der Waals surface area contributed by atoms with E-state index in [0.29, 0.717) is 0 Å². The summed E-state index contributed by atoms with van der Waals surface area (Å²) in [5.74, 6) is -0.362. The number of aromatic amines is 1. The van der Waals surface area contributed by atoms with E-state index in [4.69, 9.17) is 0 Å². The first kappa shape index (κ1) is 21.8. The van der Waals surface area contributed by atoms with Crippen LogP contribution in [0.2, 0.25) is 0 Å². The van der Waals surface area contributed by atoms with Crippen molar-refractivity contribution in [1.82, 2.24) is 15.0 Å². The van der Waals surface area contributed by atoms with Gasteiger partial charge in [0.25, 0.3) is 5.91 Å². The number of aromatic nitrogens is 1. The normalized spacial score (nSPS) is 13.6. The summed E-state index contributed by atoms with van der Waals surface area (Å²) < 4.78 is 28.3. The molecule has 3 aromatic rings. The van der Waals surface area contributed by atoms with Crippen LogP contribution in [0.25, 0.3) is 0 Å². The van der Waals surface area contributed by atoms with Gasteiger partial charge >= 0.3 is 0 Å². The van der Waals surface area contributed by atoms with E-state index >= 15 is 0 Å². The van der Waals surface area contributed by atoms with Gasteiger partial charge in [0, 0.05) is 12.2 Å². The van der Waals surface area contributed by atoms with Gasteiger partial charge in [-0.25, -0.2) is 13.1 Å². The molecule has 6 nitrogen and oxygen atoms in total. The average molecular weight is 426 g/mol. The maximum Gasteiger partial charge on any atom is 0.268 e. The molecular weight excluding hydrogens is 398 g/mol. The molecule has 2 aromatic carbocycles. The molecule has 0 aliphatic rings. The molecule has 0 radical (unpaired) electrons. The number of aryl methyl sites for hydroxylation is 2. The summed E-state index contributed by atoms with van der Waals surface area (Å²) in [6.07, 6.45) is 1.33. The fourth-order valence-electron chi connectivity index (χ4n) is 3.52. The van der Waals surface area contributed by atoms with Gasteiger partial charge in [0.05, 0.1) is 6.04 Å². The third kappa shape index (κ3) is 4.80. The average Bonchev–Trinajstić information content (AvgIpc) is 3.19. The fraction of sp³-hybridized carbons (Fsp3) is 0.261. The Hall–Kier alpha value is -2.90. The lowest BCUT2D eigenvalue weighted by atomic mass is 10.0. The number of H-pyrrole nitrogens is 1. The first-order chi connectivity index (χ1) is 14.2. The first-order valence-corrected chi connectivity index (χ1v) is 11.3. The van der Waals surface area contributed by atoms with Gasteiger partial charge < -0.3 is 10.3 Å². The molecule has 1 heterocycles. The molecule has 0 fully saturated rings. The quantitative estimate of drug-likeness (QED) is 0.531. The minimum Gasteiger partial charge on any atom is -0.356 e. The Kier molecular flexibility index (Phi) is 6.43. The number of amides is 1. The van der Waals surface area contributed by atoms with Gasteiger partial charge in [-0.05, 0) is 56.0 Å². The van der Waals surface area contributed by atoms with E-state index in [-0.39, 0.29) is 22.5 Å². The molecule has 1 amide bonds. The molecule has 0 spiro atoms. The van der Waals surface area contributed by atoms with E-state index in [9.17, 15) is 13.2 Å². The molecule has 1 aromatic heterocycles. The molecule has 0 aliphatic heterocycles. The van der Waals surface area contributed by atoms with Crippen molar-refractivity contribution in [1.29, 1.82) is 0 Å². The lowest BCUT2D eigenvalue weighted by Gasteiger charge is -2.16. The van der Waals surface area contributed by atoms with Crippen molar-refractivity contribution in [2.75, 3.05) is 0 Å². The zero-order valence-electron chi connectivity index (χ0n) is 17.6. The van der Waals surface area contributed by atoms with Gasteiger partial charge in [-0.1, -0.05) is 48.5 Å². The van der Waals surface area contributed by atoms with Crippen molar-refractivity contribution in [3.63, 3.8) is 0 Å². The molecule has 158 valence electrons. The van der Waals surface area contributed by atoms with Crippen LogP contribution in [0.5, 0.6) is 0 Å². The minimum atomic E-state index is -3.79. The summed E-state index contributed by atoms with van der Waals surface area (Å²) in [6, 6.07) is 16.2. The Labute approximate surface area is 177 Å². The fourth-order valence-corrected chi connectivity index (χ4v) is 4.74. The van der Waals surface area contributed by atoms with Gasteiger partial charge in [-0.2, -0.15) is 0 Å². The maximum absolute atomic E-state index is 12.8. The molecule has 3 N–H and O–H groups in total. The number of nitrogens with one attached hydrogen (secondary N) is 3. The predicted octanol–water partition coefficient (Wildman–Crippen LogP) is 4.16. The number of carbonyl (C=O) groups is 1. The summed E-state index contributed by atoms with van der Waals surface area (Å²) >= 11 is 0. The van der Waals surface area contributed by atoms with E-state index in [1.807, 2.05) is 69.3 Å². The van der Waals surface area contributed by atoms with Crippen molar-refractivity contribution in [3.05, 3.63) is 88.7 Å². The van der Waals surface area contributed by atoms with E-state index in [0.717, 1.165) is 22.3 Å². The monoisotopic (exact) mass is 425 g/mol. The molecule has 0 saturated carbocycles. The summed E-state index contributed by atoms with van der Waals surface area (Å²) in [5, 5.41) is 2.91. The Morgan fingerprint density at radius 1 is 0.900 bits per heavy atom. The summed E-state index contributed by atoms with van der Waals surface area (Å²) in [5.41, 5.74) is 4.20. The second-order valence-electron chi connectivity index (χ2n) is 7.50. The van der Waals surface area contributed by atoms with Crippen molar-refractivity contribution in [2.45, 2.75) is 44.7 Å². The highest BCUT2D eigenvalue weighted by Crippen LogP contribution is 2.21. The largest absolute Gasteiger partial charge is 0.356 e. The van der Waals surface area contributed by atoms with E-state index in [1.54, 1.807) is 6.92 Å². The Morgan fingerprint density at radius 3 is 2.00 bits per heavy atom. The SMILES string of the molecule is Cc1ccccc1[C@H](C)NC(=O)c1cc(S(=O)(=O)N[C@H](C)c2ccccc2C)c[nH]1. The van der Waals surface area contributed by atoms with Crippen molar-refractivity contribution < 1.29 is 13.2 Å². The number of hydrogen-bond acceptors (Lipinski definition) is 3. The first-order valence-electron chi connectivity index (χ1n) is 9.81. The number of carbonyl (C=O) groups excluding carboxylic acids is 1. The molecule has 2 atom stereocenters. The summed E-state index contributed by atoms with van der Waals surface area (Å²) in [7, 11) is -3.79. The van der Waals surface area contributed by atoms with Crippen LogP contribution in [0.1, 0.15) is 58.7 Å². The van der Waals surface area contributed by atoms with Crippen molar-refractivity contribution in [2.24, 2.45) is 0 Å². The molecule has 0 saturated heterocycles. The van der Waals surface area contributed by atoms with Crippen LogP contribution in [-0.2, 0) is 10.0 Å². The van der Waals surface area contributed by atoms with Crippen LogP contribution in [0.4, 0.5) is 0 Å². The third-order valence-corrected chi connectivity index (χ3v) is 6.72. The highest BCUT2D eigenvalue weighted by molar-refractivity contribution is 7.89. The van der Waals surface area contributed by atoms with Gasteiger partial charge in [-0.3, -0.25) is 4.79 Å². The number of sulfonamides is 1. The Balaban J connectivity index is 1.72. The molecule has 0 aliphatic carbocycles. The van der Waals surface area contributed by atoms with Crippen LogP contribution in [0.15, 0.2) is 65.7 Å². The third-order valence-electron chi connectivity index (χ3n) is 5.20. The van der Waals surface area contributed by atoms with Gasteiger partial charge in [-0.15, -0.1) is 0 Å². The standard InChI is InChI=1S/C23H27N3O3S/c1-15-9-5-7-11-20(15)17(3)25-23(27)22-13-19(14-24-22)30(28,29)26-18(4)21-12-8-6-10-16(21)2/h5-14,17-18,24,26H,1-4H3,(H,25,27)/t17-,18+/m0/s1. The second-order valence-corrected chi connectivity index (χ2v) is 9.21. The van der Waals surface area contributed by atoms with Crippen LogP contribution in [0.3, 0.4) is 0 Å². The topological polar surface area (TPSA) is 91.1 Å². The van der Waals surface area contributed by atoms with Crippen LogP contribution in [-0.4, -0.2) is 19.3 Å². The Morgan fingerprint density at radius 2 is 1.43 bits per heavy atom. The molecule has 0 bridgehead atoms. The van der Waals surface area contributed by atoms with Crippen molar-refractivity contribution in [3.8, 4) is 0 Å². The highest BCUT2D eigenvalue weighted by atomic mass is 32.2. The molecule has 7 heteroatoms.